The first-order valence-corrected chi connectivity index (χ1v) is 5.24. The van der Waals surface area contributed by atoms with Crippen LogP contribution >= 0.6 is 0 Å². The fourth-order valence-corrected chi connectivity index (χ4v) is 1.50. The van der Waals surface area contributed by atoms with Gasteiger partial charge in [0, 0.05) is 19.2 Å². The van der Waals surface area contributed by atoms with Crippen LogP contribution in [0.1, 0.15) is 11.3 Å². The third-order valence-electron chi connectivity index (χ3n) is 2.30. The Kier molecular flexibility index (Phi) is 3.10. The van der Waals surface area contributed by atoms with Crippen LogP contribution in [0.15, 0.2) is 35.1 Å². The Hall–Kier alpha value is -1.97. The van der Waals surface area contributed by atoms with Crippen LogP contribution in [0.2, 0.25) is 0 Å². The van der Waals surface area contributed by atoms with Crippen LogP contribution in [0.4, 0.5) is 11.5 Å². The Balaban J connectivity index is 1.90. The van der Waals surface area contributed by atoms with Crippen LogP contribution in [0.25, 0.3) is 0 Å². The maximum absolute atomic E-state index is 5.83. The zero-order valence-electron chi connectivity index (χ0n) is 9.23. The van der Waals surface area contributed by atoms with Gasteiger partial charge in [0.15, 0.2) is 0 Å². The first kappa shape index (κ1) is 10.5. The first-order valence-electron chi connectivity index (χ1n) is 5.24. The van der Waals surface area contributed by atoms with Gasteiger partial charge in [-0.1, -0.05) is 0 Å². The van der Waals surface area contributed by atoms with E-state index in [0.29, 0.717) is 5.69 Å². The Morgan fingerprint density at radius 1 is 1.50 bits per heavy atom. The number of nitrogen functional groups attached to an aromatic ring is 1. The molecule has 0 unspecified atom stereocenters. The van der Waals surface area contributed by atoms with Crippen LogP contribution in [0, 0.1) is 6.92 Å². The van der Waals surface area contributed by atoms with Gasteiger partial charge in [0.1, 0.15) is 11.6 Å². The van der Waals surface area contributed by atoms with E-state index in [9.17, 15) is 0 Å². The van der Waals surface area contributed by atoms with Crippen LogP contribution in [-0.2, 0) is 6.42 Å². The summed E-state index contributed by atoms with van der Waals surface area (Å²) in [5.41, 5.74) is 7.58. The molecule has 0 radical (unpaired) electrons. The highest BCUT2D eigenvalue weighted by atomic mass is 16.3. The van der Waals surface area contributed by atoms with E-state index in [-0.39, 0.29) is 0 Å². The molecule has 0 fully saturated rings. The molecule has 84 valence electrons. The lowest BCUT2D eigenvalue weighted by molar-refractivity contribution is 0.513. The molecule has 0 amide bonds. The molecule has 0 aliphatic heterocycles. The normalized spacial score (nSPS) is 10.3. The molecule has 2 aromatic heterocycles. The first-order chi connectivity index (χ1) is 7.75. The highest BCUT2D eigenvalue weighted by Gasteiger charge is 2.01. The highest BCUT2D eigenvalue weighted by molar-refractivity contribution is 5.61. The molecule has 0 saturated heterocycles. The minimum absolute atomic E-state index is 0.680. The molecule has 0 spiro atoms. The van der Waals surface area contributed by atoms with Gasteiger partial charge in [0.2, 0.25) is 0 Å². The van der Waals surface area contributed by atoms with Gasteiger partial charge in [0.05, 0.1) is 12.0 Å². The third kappa shape index (κ3) is 2.53. The summed E-state index contributed by atoms with van der Waals surface area (Å²) in [4.78, 5) is 4.23. The van der Waals surface area contributed by atoms with Crippen molar-refractivity contribution < 1.29 is 4.42 Å². The molecule has 0 aliphatic carbocycles. The number of nitrogens with zero attached hydrogens (tertiary/aromatic N) is 1. The van der Waals surface area contributed by atoms with Crippen LogP contribution in [-0.4, -0.2) is 11.5 Å². The number of anilines is 2. The number of hydrogen-bond acceptors (Lipinski definition) is 4. The van der Waals surface area contributed by atoms with Crippen molar-refractivity contribution in [1.82, 2.24) is 4.98 Å². The molecule has 3 N–H and O–H groups in total. The van der Waals surface area contributed by atoms with Gasteiger partial charge < -0.3 is 15.5 Å². The van der Waals surface area contributed by atoms with Gasteiger partial charge in [-0.15, -0.1) is 0 Å². The molecule has 0 saturated carbocycles. The Bertz CT molecular complexity index is 451. The van der Waals surface area contributed by atoms with E-state index >= 15 is 0 Å². The minimum Gasteiger partial charge on any atom is -0.469 e. The average Bonchev–Trinajstić information content (AvgIpc) is 2.74. The van der Waals surface area contributed by atoms with Crippen molar-refractivity contribution >= 4 is 11.5 Å². The second kappa shape index (κ2) is 4.70. The van der Waals surface area contributed by atoms with Gasteiger partial charge in [-0.25, -0.2) is 4.98 Å². The van der Waals surface area contributed by atoms with E-state index in [0.717, 1.165) is 30.1 Å². The Morgan fingerprint density at radius 3 is 3.06 bits per heavy atom. The monoisotopic (exact) mass is 217 g/mol. The second-order valence-electron chi connectivity index (χ2n) is 3.71. The van der Waals surface area contributed by atoms with E-state index in [2.05, 4.69) is 10.3 Å². The molecule has 2 rings (SSSR count). The van der Waals surface area contributed by atoms with Crippen molar-refractivity contribution in [3.8, 4) is 0 Å². The lowest BCUT2D eigenvalue weighted by Crippen LogP contribution is -2.08. The zero-order chi connectivity index (χ0) is 11.4. The summed E-state index contributed by atoms with van der Waals surface area (Å²) in [6.45, 7) is 2.73. The molecule has 0 bridgehead atoms. The number of nitrogens with one attached hydrogen (secondary N) is 1. The number of furan rings is 1. The second-order valence-corrected chi connectivity index (χ2v) is 3.71. The molecule has 16 heavy (non-hydrogen) atoms. The zero-order valence-corrected chi connectivity index (χ0v) is 9.23. The number of aryl methyl sites for hydroxylation is 1. The predicted octanol–water partition coefficient (Wildman–Crippen LogP) is 2.22. The quantitative estimate of drug-likeness (QED) is 0.824. The van der Waals surface area contributed by atoms with E-state index in [1.165, 1.54) is 0 Å². The largest absolute Gasteiger partial charge is 0.469 e. The topological polar surface area (TPSA) is 64.1 Å². The van der Waals surface area contributed by atoms with Gasteiger partial charge in [-0.05, 0) is 30.7 Å². The summed E-state index contributed by atoms with van der Waals surface area (Å²) in [5, 5.41) is 3.18. The highest BCUT2D eigenvalue weighted by Crippen LogP contribution is 2.15. The van der Waals surface area contributed by atoms with E-state index < -0.39 is 0 Å². The molecular weight excluding hydrogens is 202 g/mol. The number of hydrogen-bond donors (Lipinski definition) is 2. The van der Waals surface area contributed by atoms with E-state index in [1.807, 2.05) is 25.1 Å². The summed E-state index contributed by atoms with van der Waals surface area (Å²) < 4.78 is 5.23. The van der Waals surface area contributed by atoms with Crippen molar-refractivity contribution in [2.75, 3.05) is 17.6 Å². The van der Waals surface area contributed by atoms with Crippen molar-refractivity contribution in [2.45, 2.75) is 13.3 Å². The summed E-state index contributed by atoms with van der Waals surface area (Å²) in [6.07, 6.45) is 4.29. The number of aromatic nitrogens is 1. The fourth-order valence-electron chi connectivity index (χ4n) is 1.50. The number of rotatable bonds is 4. The van der Waals surface area contributed by atoms with Crippen LogP contribution in [0.5, 0.6) is 0 Å². The number of pyridine rings is 1. The third-order valence-corrected chi connectivity index (χ3v) is 2.30. The molecule has 4 nitrogen and oxygen atoms in total. The van der Waals surface area contributed by atoms with Crippen molar-refractivity contribution in [3.63, 3.8) is 0 Å². The van der Waals surface area contributed by atoms with Crippen LogP contribution in [0.3, 0.4) is 0 Å². The average molecular weight is 217 g/mol. The van der Waals surface area contributed by atoms with Crippen molar-refractivity contribution in [2.24, 2.45) is 0 Å². The maximum Gasteiger partial charge on any atom is 0.149 e. The van der Waals surface area contributed by atoms with E-state index in [4.69, 9.17) is 10.2 Å². The Labute approximate surface area is 94.5 Å². The number of nitrogens with two attached hydrogens (primary N) is 1. The molecular formula is C12H15N3O. The molecule has 2 heterocycles. The molecule has 0 atom stereocenters. The SMILES string of the molecule is Cc1cnc(NCCc2ccco2)c(N)c1. The van der Waals surface area contributed by atoms with Gasteiger partial charge >= 0.3 is 0 Å². The molecule has 0 aromatic carbocycles. The Morgan fingerprint density at radius 2 is 2.38 bits per heavy atom. The minimum atomic E-state index is 0.680. The molecule has 4 heteroatoms. The summed E-state index contributed by atoms with van der Waals surface area (Å²) in [7, 11) is 0. The van der Waals surface area contributed by atoms with Crippen molar-refractivity contribution in [1.29, 1.82) is 0 Å². The van der Waals surface area contributed by atoms with Gasteiger partial charge in [-0.3, -0.25) is 0 Å². The summed E-state index contributed by atoms with van der Waals surface area (Å²) >= 11 is 0. The standard InChI is InChI=1S/C12H15N3O/c1-9-7-11(13)12(15-8-9)14-5-4-10-3-2-6-16-10/h2-3,6-8H,4-5,13H2,1H3,(H,14,15). The predicted molar refractivity (Wildman–Crippen MR) is 64.3 cm³/mol. The van der Waals surface area contributed by atoms with Gasteiger partial charge in [-0.2, -0.15) is 0 Å². The van der Waals surface area contributed by atoms with Gasteiger partial charge in [0.25, 0.3) is 0 Å². The van der Waals surface area contributed by atoms with Crippen LogP contribution < -0.4 is 11.1 Å². The summed E-state index contributed by atoms with van der Waals surface area (Å²) in [5.74, 6) is 1.69. The molecule has 0 aliphatic rings. The lowest BCUT2D eigenvalue weighted by Gasteiger charge is -2.07. The summed E-state index contributed by atoms with van der Waals surface area (Å²) in [6, 6.07) is 5.74. The fraction of sp³-hybridized carbons (Fsp3) is 0.250. The van der Waals surface area contributed by atoms with E-state index in [1.54, 1.807) is 12.5 Å². The van der Waals surface area contributed by atoms with Crippen molar-refractivity contribution in [3.05, 3.63) is 42.0 Å². The maximum atomic E-state index is 5.83. The molecule has 2 aromatic rings. The lowest BCUT2D eigenvalue weighted by atomic mass is 10.3. The smallest absolute Gasteiger partial charge is 0.149 e.